The Kier molecular flexibility index (Phi) is 40.3. The molecular weight excluding hydrogens is 1050 g/mol. The average molecular weight is 1160 g/mol. The van der Waals surface area contributed by atoms with Gasteiger partial charge in [0.05, 0.1) is 38.6 Å². The number of hydrogen-bond donors (Lipinski definition) is 12. The number of hydrogen-bond acceptors (Lipinski definition) is 18. The number of rotatable bonds is 45. The Morgan fingerprint density at radius 2 is 0.827 bits per heavy atom. The molecule has 470 valence electrons. The maximum absolute atomic E-state index is 13.3. The van der Waals surface area contributed by atoms with Gasteiger partial charge in [0.15, 0.2) is 18.9 Å². The van der Waals surface area contributed by atoms with Gasteiger partial charge in [-0.2, -0.15) is 0 Å². The van der Waals surface area contributed by atoms with Crippen LogP contribution in [0.2, 0.25) is 0 Å². The number of aliphatic hydroxyl groups is 11. The van der Waals surface area contributed by atoms with Crippen molar-refractivity contribution in [3.8, 4) is 0 Å². The van der Waals surface area contributed by atoms with Gasteiger partial charge in [0.2, 0.25) is 5.91 Å². The molecule has 19 heteroatoms. The molecule has 0 bridgehead atoms. The topological polar surface area (TPSA) is 307 Å². The quantitative estimate of drug-likeness (QED) is 0.0244. The lowest BCUT2D eigenvalue weighted by Crippen LogP contribution is -2.66. The third-order valence-electron chi connectivity index (χ3n) is 15.3. The molecule has 0 saturated carbocycles. The standard InChI is InChI=1S/C62H109NO18/c1-3-5-7-9-11-13-15-17-19-21-23-25-27-29-31-33-35-37-39-46(67)45(63-50(68)40-38-36-34-32-30-28-26-24-22-20-18-16-14-12-10-8-6-4-2)44-76-60-56(74)53(71)58(48(42-65)78-60)81-62-57(75)54(72)59(49(43-66)79-62)80-61-55(73)52(70)51(69)47(41-64)77-61/h14,16,20-23,29,31,37,39,45-49,51-62,64-67,69-75H,3-13,15,17-19,24-28,30,32-36,38,40-44H2,1-2H3,(H,63,68)/b16-14-,22-20-,23-21+,31-29+,39-37+. The second-order valence-electron chi connectivity index (χ2n) is 22.1. The molecule has 3 rings (SSSR count). The van der Waals surface area contributed by atoms with Crippen molar-refractivity contribution in [3.63, 3.8) is 0 Å². The number of amides is 1. The van der Waals surface area contributed by atoms with Crippen LogP contribution >= 0.6 is 0 Å². The summed E-state index contributed by atoms with van der Waals surface area (Å²) >= 11 is 0. The molecule has 17 atom stereocenters. The van der Waals surface area contributed by atoms with E-state index in [0.29, 0.717) is 12.8 Å². The molecule has 3 saturated heterocycles. The highest BCUT2D eigenvalue weighted by Crippen LogP contribution is 2.33. The van der Waals surface area contributed by atoms with Crippen molar-refractivity contribution in [1.82, 2.24) is 5.32 Å². The Morgan fingerprint density at radius 3 is 1.32 bits per heavy atom. The summed E-state index contributed by atoms with van der Waals surface area (Å²) in [6, 6.07) is -1.00. The highest BCUT2D eigenvalue weighted by molar-refractivity contribution is 5.76. The molecule has 3 aliphatic heterocycles. The van der Waals surface area contributed by atoms with Gasteiger partial charge in [-0.3, -0.25) is 4.79 Å². The maximum atomic E-state index is 13.3. The van der Waals surface area contributed by atoms with E-state index in [2.05, 4.69) is 67.8 Å². The van der Waals surface area contributed by atoms with Crippen LogP contribution in [0.3, 0.4) is 0 Å². The first-order chi connectivity index (χ1) is 39.3. The van der Waals surface area contributed by atoms with Crippen molar-refractivity contribution < 1.29 is 89.4 Å². The summed E-state index contributed by atoms with van der Waals surface area (Å²) in [6.45, 7) is 1.66. The fourth-order valence-corrected chi connectivity index (χ4v) is 10.1. The third-order valence-corrected chi connectivity index (χ3v) is 15.3. The Bertz CT molecular complexity index is 1710. The lowest BCUT2D eigenvalue weighted by molar-refractivity contribution is -0.379. The van der Waals surface area contributed by atoms with Gasteiger partial charge in [0.1, 0.15) is 73.2 Å². The lowest BCUT2D eigenvalue weighted by atomic mass is 9.96. The summed E-state index contributed by atoms with van der Waals surface area (Å²) in [5, 5.41) is 120. The second-order valence-corrected chi connectivity index (χ2v) is 22.1. The molecule has 0 aliphatic carbocycles. The molecule has 1 amide bonds. The minimum atomic E-state index is -1.98. The Balaban J connectivity index is 1.52. The molecule has 3 heterocycles. The molecule has 3 aliphatic rings. The molecule has 0 aromatic carbocycles. The molecule has 19 nitrogen and oxygen atoms in total. The van der Waals surface area contributed by atoms with Crippen molar-refractivity contribution in [2.45, 2.75) is 298 Å². The fraction of sp³-hybridized carbons (Fsp3) is 0.823. The van der Waals surface area contributed by atoms with Crippen LogP contribution in [0.5, 0.6) is 0 Å². The molecule has 0 spiro atoms. The Morgan fingerprint density at radius 1 is 0.444 bits per heavy atom. The number of nitrogens with one attached hydrogen (secondary N) is 1. The zero-order chi connectivity index (χ0) is 59.0. The Labute approximate surface area is 484 Å². The van der Waals surface area contributed by atoms with E-state index in [9.17, 15) is 61.0 Å². The first-order valence-electron chi connectivity index (χ1n) is 31.0. The number of unbranched alkanes of at least 4 members (excludes halogenated alkanes) is 21. The van der Waals surface area contributed by atoms with E-state index in [1.54, 1.807) is 6.08 Å². The Hall–Kier alpha value is -2.51. The van der Waals surface area contributed by atoms with Gasteiger partial charge in [-0.05, 0) is 77.0 Å². The fourth-order valence-electron chi connectivity index (χ4n) is 10.1. The summed E-state index contributed by atoms with van der Waals surface area (Å²) in [5.41, 5.74) is 0. The largest absolute Gasteiger partial charge is 0.394 e. The van der Waals surface area contributed by atoms with E-state index >= 15 is 0 Å². The predicted octanol–water partition coefficient (Wildman–Crippen LogP) is 6.04. The predicted molar refractivity (Wildman–Crippen MR) is 309 cm³/mol. The first-order valence-corrected chi connectivity index (χ1v) is 31.0. The zero-order valence-electron chi connectivity index (χ0n) is 49.0. The van der Waals surface area contributed by atoms with Crippen molar-refractivity contribution >= 4 is 5.91 Å². The van der Waals surface area contributed by atoms with Gasteiger partial charge in [-0.15, -0.1) is 0 Å². The normalized spacial score (nSPS) is 30.2. The van der Waals surface area contributed by atoms with Crippen molar-refractivity contribution in [1.29, 1.82) is 0 Å². The van der Waals surface area contributed by atoms with Crippen LogP contribution in [0.25, 0.3) is 0 Å². The minimum Gasteiger partial charge on any atom is -0.394 e. The van der Waals surface area contributed by atoms with E-state index in [1.165, 1.54) is 77.0 Å². The number of carbonyl (C=O) groups is 1. The zero-order valence-corrected chi connectivity index (χ0v) is 49.0. The van der Waals surface area contributed by atoms with E-state index in [0.717, 1.165) is 83.5 Å². The van der Waals surface area contributed by atoms with Crippen LogP contribution in [0.1, 0.15) is 194 Å². The summed E-state index contributed by atoms with van der Waals surface area (Å²) < 4.78 is 34.2. The summed E-state index contributed by atoms with van der Waals surface area (Å²) in [5.74, 6) is -0.300. The first kappa shape index (κ1) is 72.7. The molecule has 12 N–H and O–H groups in total. The van der Waals surface area contributed by atoms with Crippen molar-refractivity contribution in [2.24, 2.45) is 0 Å². The van der Waals surface area contributed by atoms with Gasteiger partial charge in [0, 0.05) is 6.42 Å². The third kappa shape index (κ3) is 28.5. The van der Waals surface area contributed by atoms with Gasteiger partial charge >= 0.3 is 0 Å². The second kappa shape index (κ2) is 44.9. The molecule has 0 aromatic heterocycles. The number of carbonyl (C=O) groups excluding carboxylic acids is 1. The molecule has 17 unspecified atom stereocenters. The molecule has 3 fully saturated rings. The van der Waals surface area contributed by atoms with E-state index in [-0.39, 0.29) is 18.9 Å². The lowest BCUT2D eigenvalue weighted by Gasteiger charge is -2.48. The summed E-state index contributed by atoms with van der Waals surface area (Å²) in [7, 11) is 0. The SMILES string of the molecule is CCCCCC/C=C\C/C=C\CCCCCCCCCC(=O)NC(COC1OC(CO)C(OC2OC(CO)C(OC3OC(CO)C(O)C(O)C3O)C(O)C2O)C(O)C1O)C(O)/C=C/CC/C=C/CC/C=C/CCCCCCCCCC. The molecule has 0 aromatic rings. The van der Waals surface area contributed by atoms with Crippen LogP contribution in [-0.4, -0.2) is 193 Å². The van der Waals surface area contributed by atoms with Crippen LogP contribution in [0, 0.1) is 0 Å². The summed E-state index contributed by atoms with van der Waals surface area (Å²) in [6.07, 6.45) is 24.8. The van der Waals surface area contributed by atoms with Gasteiger partial charge in [-0.25, -0.2) is 0 Å². The number of allylic oxidation sites excluding steroid dienone is 9. The molecule has 0 radical (unpaired) electrons. The highest BCUT2D eigenvalue weighted by Gasteiger charge is 2.53. The molecular formula is C62H109NO18. The highest BCUT2D eigenvalue weighted by atomic mass is 16.8. The molecule has 81 heavy (non-hydrogen) atoms. The average Bonchev–Trinajstić information content (AvgIpc) is 3.51. The minimum absolute atomic E-state index is 0.221. The number of ether oxygens (including phenoxy) is 6. The number of aliphatic hydroxyl groups excluding tert-OH is 11. The van der Waals surface area contributed by atoms with Crippen molar-refractivity contribution in [3.05, 3.63) is 60.8 Å². The van der Waals surface area contributed by atoms with Gasteiger partial charge in [-0.1, -0.05) is 171 Å². The van der Waals surface area contributed by atoms with E-state index in [4.69, 9.17) is 28.4 Å². The van der Waals surface area contributed by atoms with E-state index < -0.39 is 124 Å². The van der Waals surface area contributed by atoms with Gasteiger partial charge < -0.3 is 89.9 Å². The van der Waals surface area contributed by atoms with Crippen LogP contribution in [0.4, 0.5) is 0 Å². The van der Waals surface area contributed by atoms with Crippen molar-refractivity contribution in [2.75, 3.05) is 26.4 Å². The smallest absolute Gasteiger partial charge is 0.220 e. The maximum Gasteiger partial charge on any atom is 0.220 e. The monoisotopic (exact) mass is 1160 g/mol. The van der Waals surface area contributed by atoms with E-state index in [1.807, 2.05) is 6.08 Å². The van der Waals surface area contributed by atoms with Gasteiger partial charge in [0.25, 0.3) is 0 Å². The summed E-state index contributed by atoms with van der Waals surface area (Å²) in [4.78, 5) is 13.3. The van der Waals surface area contributed by atoms with Crippen LogP contribution in [0.15, 0.2) is 60.8 Å². The van der Waals surface area contributed by atoms with Crippen LogP contribution < -0.4 is 5.32 Å². The van der Waals surface area contributed by atoms with Crippen LogP contribution in [-0.2, 0) is 33.2 Å².